The minimum atomic E-state index is -0.492. The number of carbonyl (C=O) groups is 3. The lowest BCUT2D eigenvalue weighted by Gasteiger charge is -2.37. The average Bonchev–Trinajstić information content (AvgIpc) is 3.39. The van der Waals surface area contributed by atoms with E-state index in [1.165, 1.54) is 0 Å². The summed E-state index contributed by atoms with van der Waals surface area (Å²) < 4.78 is 1.77. The van der Waals surface area contributed by atoms with Crippen molar-refractivity contribution in [2.24, 2.45) is 5.73 Å². The number of urea groups is 1. The number of hydrogen-bond donors (Lipinski definition) is 2. The zero-order valence-electron chi connectivity index (χ0n) is 21.3. The van der Waals surface area contributed by atoms with Crippen LogP contribution >= 0.6 is 0 Å². The van der Waals surface area contributed by atoms with E-state index >= 15 is 0 Å². The highest BCUT2D eigenvalue weighted by Gasteiger charge is 2.27. The van der Waals surface area contributed by atoms with Crippen LogP contribution in [0.4, 0.5) is 16.2 Å². The summed E-state index contributed by atoms with van der Waals surface area (Å²) in [6.07, 6.45) is 5.61. The van der Waals surface area contributed by atoms with Gasteiger partial charge in [-0.05, 0) is 42.0 Å². The zero-order valence-corrected chi connectivity index (χ0v) is 21.3. The fourth-order valence-electron chi connectivity index (χ4n) is 5.18. The van der Waals surface area contributed by atoms with E-state index in [0.717, 1.165) is 54.2 Å². The molecule has 2 aliphatic rings. The predicted molar refractivity (Wildman–Crippen MR) is 147 cm³/mol. The number of primary amides is 1. The number of carbonyl (C=O) groups excluding carboxylic acids is 3. The van der Waals surface area contributed by atoms with Crippen molar-refractivity contribution in [3.05, 3.63) is 78.2 Å². The van der Waals surface area contributed by atoms with Crippen molar-refractivity contribution >= 4 is 40.1 Å². The third kappa shape index (κ3) is 4.91. The monoisotopic (exact) mass is 524 g/mol. The lowest BCUT2D eigenvalue weighted by atomic mass is 10.1. The SMILES string of the molecule is NC(=O)c1cccc2cn(-c3ccc(N4CCN(Cc5ccncc5N5CCC(=O)NC5=O)CC4)cc3)nc12. The lowest BCUT2D eigenvalue weighted by molar-refractivity contribution is -0.120. The molecule has 0 saturated carbocycles. The first-order chi connectivity index (χ1) is 19.0. The molecule has 198 valence electrons. The molecule has 2 aromatic carbocycles. The van der Waals surface area contributed by atoms with E-state index in [1.54, 1.807) is 34.1 Å². The maximum absolute atomic E-state index is 12.4. The molecule has 2 fully saturated rings. The van der Waals surface area contributed by atoms with E-state index in [2.05, 4.69) is 37.3 Å². The quantitative estimate of drug-likeness (QED) is 0.396. The van der Waals surface area contributed by atoms with Gasteiger partial charge in [0.25, 0.3) is 5.91 Å². The Morgan fingerprint density at radius 2 is 1.72 bits per heavy atom. The molecule has 2 aliphatic heterocycles. The minimum absolute atomic E-state index is 0.249. The van der Waals surface area contributed by atoms with E-state index in [4.69, 9.17) is 5.73 Å². The Bertz CT molecular complexity index is 1560. The maximum Gasteiger partial charge on any atom is 0.328 e. The predicted octanol–water partition coefficient (Wildman–Crippen LogP) is 2.29. The highest BCUT2D eigenvalue weighted by atomic mass is 16.2. The normalized spacial score (nSPS) is 16.5. The lowest BCUT2D eigenvalue weighted by Crippen LogP contribution is -2.50. The first kappa shape index (κ1) is 24.6. The van der Waals surface area contributed by atoms with Gasteiger partial charge in [0.15, 0.2) is 0 Å². The molecule has 2 saturated heterocycles. The molecule has 39 heavy (non-hydrogen) atoms. The molecule has 0 radical (unpaired) electrons. The van der Waals surface area contributed by atoms with Gasteiger partial charge in [-0.25, -0.2) is 9.48 Å². The molecular weight excluding hydrogens is 496 g/mol. The molecule has 4 amide bonds. The van der Waals surface area contributed by atoms with Crippen LogP contribution in [0.25, 0.3) is 16.6 Å². The van der Waals surface area contributed by atoms with Crippen LogP contribution in [-0.2, 0) is 11.3 Å². The van der Waals surface area contributed by atoms with Gasteiger partial charge in [0.05, 0.1) is 23.1 Å². The molecule has 4 aromatic rings. The Kier molecular flexibility index (Phi) is 6.41. The summed E-state index contributed by atoms with van der Waals surface area (Å²) in [7, 11) is 0. The van der Waals surface area contributed by atoms with Crippen LogP contribution in [0.5, 0.6) is 0 Å². The van der Waals surface area contributed by atoms with Crippen LogP contribution < -0.4 is 20.9 Å². The molecule has 11 nitrogen and oxygen atoms in total. The van der Waals surface area contributed by atoms with Gasteiger partial charge in [0, 0.05) is 69.2 Å². The van der Waals surface area contributed by atoms with Gasteiger partial charge in [0.2, 0.25) is 5.91 Å². The molecule has 11 heteroatoms. The van der Waals surface area contributed by atoms with Gasteiger partial charge in [-0.2, -0.15) is 5.10 Å². The third-order valence-corrected chi connectivity index (χ3v) is 7.28. The van der Waals surface area contributed by atoms with Crippen molar-refractivity contribution in [3.8, 4) is 5.69 Å². The first-order valence-electron chi connectivity index (χ1n) is 12.9. The van der Waals surface area contributed by atoms with E-state index in [1.807, 2.05) is 30.5 Å². The van der Waals surface area contributed by atoms with Crippen LogP contribution in [0.1, 0.15) is 22.3 Å². The van der Waals surface area contributed by atoms with Crippen LogP contribution in [0.3, 0.4) is 0 Å². The fraction of sp³-hybridized carbons (Fsp3) is 0.250. The van der Waals surface area contributed by atoms with Gasteiger partial charge in [-0.1, -0.05) is 12.1 Å². The molecule has 0 aliphatic carbocycles. The van der Waals surface area contributed by atoms with Crippen molar-refractivity contribution < 1.29 is 14.4 Å². The molecule has 6 rings (SSSR count). The smallest absolute Gasteiger partial charge is 0.328 e. The number of benzene rings is 2. The fourth-order valence-corrected chi connectivity index (χ4v) is 5.18. The molecule has 0 bridgehead atoms. The Labute approximate surface area is 224 Å². The molecule has 2 aromatic heterocycles. The number of piperazine rings is 1. The standard InChI is InChI=1S/C28H28N8O3/c29-27(38)23-3-1-2-20-18-36(32-26(20)23)22-6-4-21(5-7-22)34-14-12-33(13-15-34)17-19-8-10-30-16-24(19)35-11-9-25(37)31-28(35)39/h1-8,10,16,18H,9,11-15,17H2,(H2,29,38)(H,31,37,39). The second-order valence-electron chi connectivity index (χ2n) is 9.72. The van der Waals surface area contributed by atoms with Gasteiger partial charge < -0.3 is 10.6 Å². The zero-order chi connectivity index (χ0) is 26.9. The largest absolute Gasteiger partial charge is 0.369 e. The Hall–Kier alpha value is -4.77. The van der Waals surface area contributed by atoms with Crippen LogP contribution in [0.15, 0.2) is 67.1 Å². The van der Waals surface area contributed by atoms with E-state index in [0.29, 0.717) is 24.2 Å². The van der Waals surface area contributed by atoms with Crippen molar-refractivity contribution in [1.29, 1.82) is 0 Å². The van der Waals surface area contributed by atoms with Crippen LogP contribution in [-0.4, -0.2) is 70.2 Å². The average molecular weight is 525 g/mol. The number of nitrogens with two attached hydrogens (primary N) is 1. The maximum atomic E-state index is 12.4. The number of pyridine rings is 1. The summed E-state index contributed by atoms with van der Waals surface area (Å²) in [5.41, 5.74) is 10.3. The summed E-state index contributed by atoms with van der Waals surface area (Å²) >= 11 is 0. The number of fused-ring (bicyclic) bond motifs is 1. The summed E-state index contributed by atoms with van der Waals surface area (Å²) in [6.45, 7) is 4.53. The third-order valence-electron chi connectivity index (χ3n) is 7.28. The second kappa shape index (κ2) is 10.2. The summed E-state index contributed by atoms with van der Waals surface area (Å²) in [6, 6.07) is 15.2. The number of aromatic nitrogens is 3. The van der Waals surface area contributed by atoms with E-state index in [9.17, 15) is 14.4 Å². The molecule has 0 atom stereocenters. The van der Waals surface area contributed by atoms with Gasteiger partial charge in [-0.15, -0.1) is 0 Å². The number of amides is 4. The first-order valence-corrected chi connectivity index (χ1v) is 12.9. The number of imide groups is 1. The second-order valence-corrected chi connectivity index (χ2v) is 9.72. The summed E-state index contributed by atoms with van der Waals surface area (Å²) in [5, 5.41) is 7.84. The summed E-state index contributed by atoms with van der Waals surface area (Å²) in [4.78, 5) is 46.2. The Morgan fingerprint density at radius 3 is 2.46 bits per heavy atom. The van der Waals surface area contributed by atoms with Crippen molar-refractivity contribution in [1.82, 2.24) is 25.0 Å². The Morgan fingerprint density at radius 1 is 0.949 bits per heavy atom. The molecular formula is C28H28N8O3. The summed E-state index contributed by atoms with van der Waals surface area (Å²) in [5.74, 6) is -0.741. The van der Waals surface area contributed by atoms with E-state index in [-0.39, 0.29) is 12.3 Å². The number of hydrogen-bond acceptors (Lipinski definition) is 7. The minimum Gasteiger partial charge on any atom is -0.369 e. The molecule has 0 spiro atoms. The number of nitrogens with zero attached hydrogens (tertiary/aromatic N) is 6. The highest BCUT2D eigenvalue weighted by Crippen LogP contribution is 2.25. The number of anilines is 2. The molecule has 4 heterocycles. The van der Waals surface area contributed by atoms with E-state index < -0.39 is 11.9 Å². The Balaban J connectivity index is 1.10. The van der Waals surface area contributed by atoms with Crippen molar-refractivity contribution in [2.45, 2.75) is 13.0 Å². The van der Waals surface area contributed by atoms with Crippen molar-refractivity contribution in [2.75, 3.05) is 42.5 Å². The van der Waals surface area contributed by atoms with Crippen molar-refractivity contribution in [3.63, 3.8) is 0 Å². The van der Waals surface area contributed by atoms with Crippen LogP contribution in [0, 0.1) is 0 Å². The van der Waals surface area contributed by atoms with Gasteiger partial charge in [-0.3, -0.25) is 29.7 Å². The van der Waals surface area contributed by atoms with Crippen LogP contribution in [0.2, 0.25) is 0 Å². The highest BCUT2D eigenvalue weighted by molar-refractivity contribution is 6.06. The van der Waals surface area contributed by atoms with Gasteiger partial charge >= 0.3 is 6.03 Å². The number of nitrogens with one attached hydrogen (secondary N) is 1. The number of rotatable bonds is 6. The molecule has 0 unspecified atom stereocenters. The topological polar surface area (TPSA) is 130 Å². The van der Waals surface area contributed by atoms with Gasteiger partial charge in [0.1, 0.15) is 5.52 Å². The molecule has 3 N–H and O–H groups in total.